The molecule has 0 aromatic rings. The maximum atomic E-state index is 11.9. The minimum atomic E-state index is -0.752. The van der Waals surface area contributed by atoms with Crippen molar-refractivity contribution in [3.05, 3.63) is 0 Å². The molecular formula is C40H72O6. The first kappa shape index (κ1) is 37.0. The molecule has 0 spiro atoms. The third-order valence-corrected chi connectivity index (χ3v) is 16.0. The van der Waals surface area contributed by atoms with Crippen LogP contribution >= 0.6 is 0 Å². The lowest BCUT2D eigenvalue weighted by Crippen LogP contribution is -2.67. The Morgan fingerprint density at radius 3 is 1.20 bits per heavy atom. The SMILES string of the molecule is CC(C)[C@@H]1CC[C@H](C)[C@H]2CC[C@H](C)[C@]3(O)[C@H]2[C@@H](O)[C@@H](CO)C[C@H]13.CC(C)[C@@H]1CC[C@H](C)[C@H]2CC[C@H](C)[C@]3(O)[C@H]2[C@@H](O)[C@@H](CO)C[C@H]13. The summed E-state index contributed by atoms with van der Waals surface area (Å²) in [5.74, 6) is 4.65. The normalized spacial score (nSPS) is 53.7. The van der Waals surface area contributed by atoms with Crippen molar-refractivity contribution in [1.29, 1.82) is 0 Å². The highest BCUT2D eigenvalue weighted by molar-refractivity contribution is 5.13. The second-order valence-electron chi connectivity index (χ2n) is 18.6. The van der Waals surface area contributed by atoms with Crippen molar-refractivity contribution in [3.63, 3.8) is 0 Å². The van der Waals surface area contributed by atoms with Gasteiger partial charge in [0.15, 0.2) is 0 Å². The molecule has 0 heterocycles. The van der Waals surface area contributed by atoms with E-state index < -0.39 is 23.4 Å². The van der Waals surface area contributed by atoms with E-state index in [1.165, 1.54) is 25.7 Å². The molecule has 0 aromatic carbocycles. The second kappa shape index (κ2) is 14.2. The van der Waals surface area contributed by atoms with E-state index in [1.807, 2.05) is 0 Å². The molecule has 0 aliphatic heterocycles. The van der Waals surface area contributed by atoms with Crippen LogP contribution in [-0.4, -0.2) is 67.3 Å². The molecular weight excluding hydrogens is 576 g/mol. The maximum Gasteiger partial charge on any atom is 0.0759 e. The van der Waals surface area contributed by atoms with E-state index in [9.17, 15) is 30.6 Å². The van der Waals surface area contributed by atoms with Gasteiger partial charge in [-0.1, -0.05) is 68.2 Å². The van der Waals surface area contributed by atoms with Crippen LogP contribution in [0.5, 0.6) is 0 Å². The molecule has 6 fully saturated rings. The first-order valence-corrected chi connectivity index (χ1v) is 19.7. The third kappa shape index (κ3) is 5.97. The van der Waals surface area contributed by atoms with E-state index in [0.29, 0.717) is 47.3 Å². The van der Waals surface area contributed by atoms with Crippen LogP contribution < -0.4 is 0 Å². The van der Waals surface area contributed by atoms with Gasteiger partial charge in [0.1, 0.15) is 0 Å². The highest BCUT2D eigenvalue weighted by atomic mass is 16.3. The lowest BCUT2D eigenvalue weighted by atomic mass is 9.46. The Hall–Kier alpha value is -0.240. The highest BCUT2D eigenvalue weighted by Crippen LogP contribution is 2.62. The van der Waals surface area contributed by atoms with E-state index in [4.69, 9.17) is 0 Å². The summed E-state index contributed by atoms with van der Waals surface area (Å²) in [6, 6.07) is 0. The first-order chi connectivity index (χ1) is 21.6. The van der Waals surface area contributed by atoms with Gasteiger partial charge in [0.25, 0.3) is 0 Å². The molecule has 0 unspecified atom stereocenters. The lowest BCUT2D eigenvalue weighted by Gasteiger charge is -2.63. The minimum Gasteiger partial charge on any atom is -0.396 e. The first-order valence-electron chi connectivity index (χ1n) is 19.7. The van der Waals surface area contributed by atoms with Crippen LogP contribution in [0.2, 0.25) is 0 Å². The summed E-state index contributed by atoms with van der Waals surface area (Å²) < 4.78 is 0. The van der Waals surface area contributed by atoms with Crippen molar-refractivity contribution in [2.24, 2.45) is 94.7 Å². The number of aliphatic hydroxyl groups is 6. The van der Waals surface area contributed by atoms with Crippen molar-refractivity contribution < 1.29 is 30.6 Å². The zero-order valence-electron chi connectivity index (χ0n) is 30.6. The van der Waals surface area contributed by atoms with Crippen molar-refractivity contribution in [3.8, 4) is 0 Å². The van der Waals surface area contributed by atoms with Crippen molar-refractivity contribution in [2.45, 2.75) is 143 Å². The van der Waals surface area contributed by atoms with Crippen LogP contribution in [0, 0.1) is 94.7 Å². The summed E-state index contributed by atoms with van der Waals surface area (Å²) in [5.41, 5.74) is -1.50. The Kier molecular flexibility index (Phi) is 11.4. The summed E-state index contributed by atoms with van der Waals surface area (Å²) in [5, 5.41) is 65.6. The summed E-state index contributed by atoms with van der Waals surface area (Å²) >= 11 is 0. The highest BCUT2D eigenvalue weighted by Gasteiger charge is 2.64. The van der Waals surface area contributed by atoms with Gasteiger partial charge < -0.3 is 30.6 Å². The van der Waals surface area contributed by atoms with Gasteiger partial charge in [-0.2, -0.15) is 0 Å². The predicted molar refractivity (Wildman–Crippen MR) is 183 cm³/mol. The Labute approximate surface area is 281 Å². The topological polar surface area (TPSA) is 121 Å². The monoisotopic (exact) mass is 649 g/mol. The Morgan fingerprint density at radius 2 is 0.891 bits per heavy atom. The van der Waals surface area contributed by atoms with Gasteiger partial charge in [0.2, 0.25) is 0 Å². The van der Waals surface area contributed by atoms with E-state index in [2.05, 4.69) is 55.4 Å². The van der Waals surface area contributed by atoms with Crippen LogP contribution in [0.25, 0.3) is 0 Å². The summed E-state index contributed by atoms with van der Waals surface area (Å²) in [6.45, 7) is 18.2. The Balaban J connectivity index is 0.000000181. The summed E-state index contributed by atoms with van der Waals surface area (Å²) in [7, 11) is 0. The third-order valence-electron chi connectivity index (χ3n) is 16.0. The molecule has 6 nitrogen and oxygen atoms in total. The molecule has 6 heteroatoms. The zero-order chi connectivity index (χ0) is 33.9. The van der Waals surface area contributed by atoms with E-state index in [0.717, 1.165) is 38.5 Å². The van der Waals surface area contributed by atoms with E-state index in [-0.39, 0.29) is 60.6 Å². The number of aliphatic hydroxyl groups excluding tert-OH is 4. The van der Waals surface area contributed by atoms with Gasteiger partial charge in [-0.05, 0) is 122 Å². The second-order valence-corrected chi connectivity index (χ2v) is 18.6. The molecule has 0 amide bonds. The quantitative estimate of drug-likeness (QED) is 0.218. The van der Waals surface area contributed by atoms with E-state index in [1.54, 1.807) is 0 Å². The molecule has 8 bridgehead atoms. The molecule has 268 valence electrons. The molecule has 6 aliphatic rings. The molecule has 0 radical (unpaired) electrons. The lowest BCUT2D eigenvalue weighted by molar-refractivity contribution is -0.250. The van der Waals surface area contributed by atoms with Gasteiger partial charge in [0.05, 0.1) is 23.4 Å². The predicted octanol–water partition coefficient (Wildman–Crippen LogP) is 6.14. The van der Waals surface area contributed by atoms with Crippen molar-refractivity contribution in [2.75, 3.05) is 13.2 Å². The van der Waals surface area contributed by atoms with Gasteiger partial charge >= 0.3 is 0 Å². The van der Waals surface area contributed by atoms with E-state index >= 15 is 0 Å². The molecule has 0 saturated heterocycles. The van der Waals surface area contributed by atoms with Crippen LogP contribution in [-0.2, 0) is 0 Å². The largest absolute Gasteiger partial charge is 0.396 e. The molecule has 46 heavy (non-hydrogen) atoms. The maximum absolute atomic E-state index is 11.9. The van der Waals surface area contributed by atoms with Gasteiger partial charge in [-0.3, -0.25) is 0 Å². The zero-order valence-corrected chi connectivity index (χ0v) is 30.6. The summed E-state index contributed by atoms with van der Waals surface area (Å²) in [6.07, 6.45) is 9.59. The number of hydrogen-bond donors (Lipinski definition) is 6. The fourth-order valence-corrected chi connectivity index (χ4v) is 13.2. The summed E-state index contributed by atoms with van der Waals surface area (Å²) in [4.78, 5) is 0. The molecule has 18 atom stereocenters. The minimum absolute atomic E-state index is 0.0462. The Morgan fingerprint density at radius 1 is 0.543 bits per heavy atom. The van der Waals surface area contributed by atoms with Gasteiger partial charge in [-0.15, -0.1) is 0 Å². The number of hydrogen-bond acceptors (Lipinski definition) is 6. The van der Waals surface area contributed by atoms with Crippen LogP contribution in [0.15, 0.2) is 0 Å². The Bertz CT molecular complexity index is 924. The average Bonchev–Trinajstić information content (AvgIpc) is 3.00. The molecule has 6 N–H and O–H groups in total. The molecule has 0 aromatic heterocycles. The number of rotatable bonds is 4. The van der Waals surface area contributed by atoms with Crippen LogP contribution in [0.4, 0.5) is 0 Å². The molecule has 6 saturated carbocycles. The van der Waals surface area contributed by atoms with Crippen molar-refractivity contribution >= 4 is 0 Å². The molecule has 6 aliphatic carbocycles. The fraction of sp³-hybridized carbons (Fsp3) is 1.00. The van der Waals surface area contributed by atoms with Crippen molar-refractivity contribution in [1.82, 2.24) is 0 Å². The smallest absolute Gasteiger partial charge is 0.0759 e. The average molecular weight is 649 g/mol. The fourth-order valence-electron chi connectivity index (χ4n) is 13.2. The van der Waals surface area contributed by atoms with Crippen LogP contribution in [0.3, 0.4) is 0 Å². The molecule has 6 rings (SSSR count). The van der Waals surface area contributed by atoms with Gasteiger partial charge in [-0.25, -0.2) is 0 Å². The standard InChI is InChI=1S/2C20H36O3/c2*1-11(2)15-7-5-12(3)16-8-6-13(4)20(23)17(15)9-14(10-21)19(22)18(16)20/h2*11-19,21-23H,5-10H2,1-4H3/t2*12-,13-,14+,15-,16+,17+,18+,19-,20+/m00/s1. The van der Waals surface area contributed by atoms with Gasteiger partial charge in [0, 0.05) is 36.9 Å². The van der Waals surface area contributed by atoms with Crippen LogP contribution in [0.1, 0.15) is 120 Å².